The summed E-state index contributed by atoms with van der Waals surface area (Å²) in [5.74, 6) is 0.419. The molecule has 0 aromatic heterocycles. The highest BCUT2D eigenvalue weighted by molar-refractivity contribution is 5.73. The van der Waals surface area contributed by atoms with Gasteiger partial charge in [0.1, 0.15) is 0 Å². The van der Waals surface area contributed by atoms with E-state index in [2.05, 4.69) is 13.8 Å². The van der Waals surface area contributed by atoms with Crippen molar-refractivity contribution in [3.05, 3.63) is 0 Å². The Morgan fingerprint density at radius 1 is 0.882 bits per heavy atom. The highest BCUT2D eigenvalue weighted by Gasteiger charge is 2.11. The van der Waals surface area contributed by atoms with Crippen LogP contribution in [-0.4, -0.2) is 5.91 Å². The highest BCUT2D eigenvalue weighted by atomic mass is 16.1. The van der Waals surface area contributed by atoms with Crippen LogP contribution in [0.1, 0.15) is 84.5 Å². The van der Waals surface area contributed by atoms with Crippen LogP contribution in [-0.2, 0) is 4.79 Å². The fourth-order valence-corrected chi connectivity index (χ4v) is 2.35. The lowest BCUT2D eigenvalue weighted by Crippen LogP contribution is -2.16. The second kappa shape index (κ2) is 11.9. The van der Waals surface area contributed by atoms with E-state index in [4.69, 9.17) is 5.73 Å². The summed E-state index contributed by atoms with van der Waals surface area (Å²) in [6, 6.07) is 0. The summed E-state index contributed by atoms with van der Waals surface area (Å²) < 4.78 is 0. The Balaban J connectivity index is 3.68. The van der Waals surface area contributed by atoms with Crippen LogP contribution < -0.4 is 5.73 Å². The van der Waals surface area contributed by atoms with E-state index in [0.717, 1.165) is 0 Å². The molecule has 0 saturated carbocycles. The molecule has 2 N–H and O–H groups in total. The number of nitrogens with two attached hydrogens (primary N) is 1. The molecule has 0 aliphatic heterocycles. The van der Waals surface area contributed by atoms with E-state index in [9.17, 15) is 4.79 Å². The largest absolute Gasteiger partial charge is 0.370 e. The number of hydrogen-bond donors (Lipinski definition) is 1. The SMILES string of the molecule is CCCCCCC(CCCCCC)CC(N)=O. The molecular weight excluding hydrogens is 210 g/mol. The quantitative estimate of drug-likeness (QED) is 0.505. The van der Waals surface area contributed by atoms with Crippen LogP contribution >= 0.6 is 0 Å². The van der Waals surface area contributed by atoms with Crippen LogP contribution in [0, 0.1) is 5.92 Å². The summed E-state index contributed by atoms with van der Waals surface area (Å²) in [5, 5.41) is 0. The Morgan fingerprint density at radius 3 is 1.71 bits per heavy atom. The van der Waals surface area contributed by atoms with Crippen LogP contribution in [0.5, 0.6) is 0 Å². The monoisotopic (exact) mass is 241 g/mol. The molecule has 0 spiro atoms. The van der Waals surface area contributed by atoms with E-state index < -0.39 is 0 Å². The van der Waals surface area contributed by atoms with Crippen molar-refractivity contribution in [2.24, 2.45) is 11.7 Å². The molecule has 1 amide bonds. The minimum Gasteiger partial charge on any atom is -0.370 e. The predicted octanol–water partition coefficient (Wildman–Crippen LogP) is 4.42. The summed E-state index contributed by atoms with van der Waals surface area (Å²) in [6.45, 7) is 4.46. The van der Waals surface area contributed by atoms with Crippen molar-refractivity contribution in [1.29, 1.82) is 0 Å². The smallest absolute Gasteiger partial charge is 0.217 e. The zero-order valence-corrected chi connectivity index (χ0v) is 11.8. The summed E-state index contributed by atoms with van der Waals surface area (Å²) in [7, 11) is 0. The van der Waals surface area contributed by atoms with E-state index in [1.807, 2.05) is 0 Å². The van der Waals surface area contributed by atoms with Gasteiger partial charge in [-0.1, -0.05) is 65.2 Å². The zero-order chi connectivity index (χ0) is 12.9. The molecule has 0 fully saturated rings. The maximum atomic E-state index is 11.0. The third kappa shape index (κ3) is 11.7. The molecule has 0 aromatic carbocycles. The Kier molecular flexibility index (Phi) is 11.6. The lowest BCUT2D eigenvalue weighted by Gasteiger charge is -2.14. The van der Waals surface area contributed by atoms with Crippen molar-refractivity contribution >= 4 is 5.91 Å². The standard InChI is InChI=1S/C15H31NO/c1-3-5-7-9-11-14(13-15(16)17)12-10-8-6-4-2/h14H,3-13H2,1-2H3,(H2,16,17). The van der Waals surface area contributed by atoms with Crippen molar-refractivity contribution in [2.75, 3.05) is 0 Å². The average Bonchev–Trinajstić information content (AvgIpc) is 2.29. The highest BCUT2D eigenvalue weighted by Crippen LogP contribution is 2.21. The van der Waals surface area contributed by atoms with Crippen LogP contribution in [0.15, 0.2) is 0 Å². The van der Waals surface area contributed by atoms with Gasteiger partial charge in [0, 0.05) is 6.42 Å². The molecule has 0 unspecified atom stereocenters. The number of primary amides is 1. The Labute approximate surface area is 107 Å². The molecule has 2 nitrogen and oxygen atoms in total. The number of rotatable bonds is 12. The Morgan fingerprint density at radius 2 is 1.35 bits per heavy atom. The maximum Gasteiger partial charge on any atom is 0.217 e. The molecule has 2 heteroatoms. The van der Waals surface area contributed by atoms with Crippen LogP contribution in [0.2, 0.25) is 0 Å². The molecule has 0 rings (SSSR count). The van der Waals surface area contributed by atoms with E-state index in [0.29, 0.717) is 12.3 Å². The first-order valence-electron chi connectivity index (χ1n) is 7.49. The molecule has 0 aromatic rings. The lowest BCUT2D eigenvalue weighted by molar-refractivity contribution is -0.119. The molecule has 0 aliphatic carbocycles. The van der Waals surface area contributed by atoms with E-state index >= 15 is 0 Å². The van der Waals surface area contributed by atoms with E-state index in [1.165, 1.54) is 64.2 Å². The van der Waals surface area contributed by atoms with Gasteiger partial charge in [0.25, 0.3) is 0 Å². The number of hydrogen-bond acceptors (Lipinski definition) is 1. The molecule has 0 atom stereocenters. The van der Waals surface area contributed by atoms with Gasteiger partial charge in [0.05, 0.1) is 0 Å². The normalized spacial score (nSPS) is 11.0. The Bertz CT molecular complexity index is 168. The summed E-state index contributed by atoms with van der Waals surface area (Å²) in [4.78, 5) is 11.0. The average molecular weight is 241 g/mol. The third-order valence-corrected chi connectivity index (χ3v) is 3.42. The minimum atomic E-state index is -0.124. The molecule has 0 heterocycles. The van der Waals surface area contributed by atoms with Gasteiger partial charge >= 0.3 is 0 Å². The first kappa shape index (κ1) is 16.5. The lowest BCUT2D eigenvalue weighted by atomic mass is 9.91. The summed E-state index contributed by atoms with van der Waals surface area (Å²) >= 11 is 0. The second-order valence-corrected chi connectivity index (χ2v) is 5.24. The van der Waals surface area contributed by atoms with E-state index in [-0.39, 0.29) is 5.91 Å². The minimum absolute atomic E-state index is 0.124. The molecule has 0 saturated heterocycles. The molecule has 0 bridgehead atoms. The van der Waals surface area contributed by atoms with Crippen molar-refractivity contribution in [2.45, 2.75) is 84.5 Å². The second-order valence-electron chi connectivity index (χ2n) is 5.24. The predicted molar refractivity (Wildman–Crippen MR) is 74.8 cm³/mol. The molecule has 0 aliphatic rings. The van der Waals surface area contributed by atoms with Crippen LogP contribution in [0.25, 0.3) is 0 Å². The topological polar surface area (TPSA) is 43.1 Å². The van der Waals surface area contributed by atoms with Gasteiger partial charge in [-0.25, -0.2) is 0 Å². The van der Waals surface area contributed by atoms with Gasteiger partial charge in [0.2, 0.25) is 5.91 Å². The van der Waals surface area contributed by atoms with E-state index in [1.54, 1.807) is 0 Å². The van der Waals surface area contributed by atoms with Gasteiger partial charge < -0.3 is 5.73 Å². The summed E-state index contributed by atoms with van der Waals surface area (Å²) in [5.41, 5.74) is 5.32. The maximum absolute atomic E-state index is 11.0. The first-order valence-corrected chi connectivity index (χ1v) is 7.49. The van der Waals surface area contributed by atoms with Crippen molar-refractivity contribution in [3.63, 3.8) is 0 Å². The summed E-state index contributed by atoms with van der Waals surface area (Å²) in [6.07, 6.45) is 13.3. The first-order chi connectivity index (χ1) is 8.20. The van der Waals surface area contributed by atoms with Gasteiger partial charge in [0.15, 0.2) is 0 Å². The number of amides is 1. The van der Waals surface area contributed by atoms with Gasteiger partial charge in [-0.05, 0) is 18.8 Å². The van der Waals surface area contributed by atoms with Crippen molar-refractivity contribution < 1.29 is 4.79 Å². The number of carbonyl (C=O) groups is 1. The van der Waals surface area contributed by atoms with Gasteiger partial charge in [-0.2, -0.15) is 0 Å². The number of unbranched alkanes of at least 4 members (excludes halogenated alkanes) is 6. The number of carbonyl (C=O) groups excluding carboxylic acids is 1. The molecule has 102 valence electrons. The van der Waals surface area contributed by atoms with Crippen LogP contribution in [0.3, 0.4) is 0 Å². The van der Waals surface area contributed by atoms with Crippen LogP contribution in [0.4, 0.5) is 0 Å². The fraction of sp³-hybridized carbons (Fsp3) is 0.933. The van der Waals surface area contributed by atoms with Gasteiger partial charge in [-0.3, -0.25) is 4.79 Å². The van der Waals surface area contributed by atoms with Crippen molar-refractivity contribution in [3.8, 4) is 0 Å². The molecular formula is C15H31NO. The molecule has 17 heavy (non-hydrogen) atoms. The van der Waals surface area contributed by atoms with Gasteiger partial charge in [-0.15, -0.1) is 0 Å². The Hall–Kier alpha value is -0.530. The fourth-order valence-electron chi connectivity index (χ4n) is 2.35. The third-order valence-electron chi connectivity index (χ3n) is 3.42. The zero-order valence-electron chi connectivity index (χ0n) is 11.8. The molecule has 0 radical (unpaired) electrons. The van der Waals surface area contributed by atoms with Crippen molar-refractivity contribution in [1.82, 2.24) is 0 Å².